The van der Waals surface area contributed by atoms with Crippen molar-refractivity contribution < 1.29 is 4.79 Å². The molecule has 1 aliphatic rings. The highest BCUT2D eigenvalue weighted by molar-refractivity contribution is 5.80. The third-order valence-electron chi connectivity index (χ3n) is 5.73. The van der Waals surface area contributed by atoms with Crippen LogP contribution in [0.25, 0.3) is 11.4 Å². The summed E-state index contributed by atoms with van der Waals surface area (Å²) in [6, 6.07) is 20.2. The molecule has 0 radical (unpaired) electrons. The summed E-state index contributed by atoms with van der Waals surface area (Å²) in [6.07, 6.45) is 3.68. The number of nitrogens with one attached hydrogen (secondary N) is 1. The number of carbonyl (C=O) groups excluding carboxylic acids is 1. The molecule has 0 unspecified atom stereocenters. The van der Waals surface area contributed by atoms with Crippen molar-refractivity contribution in [2.24, 2.45) is 5.92 Å². The third-order valence-corrected chi connectivity index (χ3v) is 5.73. The molecule has 1 aromatic heterocycles. The van der Waals surface area contributed by atoms with E-state index < -0.39 is 0 Å². The summed E-state index contributed by atoms with van der Waals surface area (Å²) in [5.41, 5.74) is 3.35. The first-order valence-electron chi connectivity index (χ1n) is 10.6. The third kappa shape index (κ3) is 4.67. The first kappa shape index (κ1) is 20.1. The van der Waals surface area contributed by atoms with Crippen LogP contribution in [0.5, 0.6) is 0 Å². The Balaban J connectivity index is 1.43. The van der Waals surface area contributed by atoms with E-state index in [4.69, 9.17) is 4.98 Å². The smallest absolute Gasteiger partial charge is 0.225 e. The predicted molar refractivity (Wildman–Crippen MR) is 120 cm³/mol. The average molecular weight is 401 g/mol. The maximum atomic E-state index is 12.9. The summed E-state index contributed by atoms with van der Waals surface area (Å²) < 4.78 is 0. The average Bonchev–Trinajstić information content (AvgIpc) is 2.80. The summed E-state index contributed by atoms with van der Waals surface area (Å²) in [7, 11) is 0. The van der Waals surface area contributed by atoms with Crippen LogP contribution in [0.15, 0.2) is 66.9 Å². The molecule has 1 fully saturated rings. The fourth-order valence-electron chi connectivity index (χ4n) is 3.92. The first-order chi connectivity index (χ1) is 14.6. The molecule has 5 nitrogen and oxygen atoms in total. The normalized spacial score (nSPS) is 17.4. The van der Waals surface area contributed by atoms with Crippen molar-refractivity contribution in [3.63, 3.8) is 0 Å². The quantitative estimate of drug-likeness (QED) is 0.683. The minimum atomic E-state index is -0.0400. The number of rotatable bonds is 5. The second-order valence-electron chi connectivity index (χ2n) is 8.03. The maximum Gasteiger partial charge on any atom is 0.225 e. The van der Waals surface area contributed by atoms with Gasteiger partial charge in [0.2, 0.25) is 5.91 Å². The minimum Gasteiger partial charge on any atom is -0.356 e. The Morgan fingerprint density at radius 2 is 1.87 bits per heavy atom. The molecule has 154 valence electrons. The molecular formula is C25H28N4O. The van der Waals surface area contributed by atoms with Crippen LogP contribution in [0.3, 0.4) is 0 Å². The van der Waals surface area contributed by atoms with Crippen molar-refractivity contribution in [3.8, 4) is 11.4 Å². The first-order valence-corrected chi connectivity index (χ1v) is 10.6. The Bertz CT molecular complexity index is 988. The molecule has 0 spiro atoms. The van der Waals surface area contributed by atoms with E-state index >= 15 is 0 Å². The molecule has 1 amide bonds. The van der Waals surface area contributed by atoms with Gasteiger partial charge in [-0.15, -0.1) is 0 Å². The van der Waals surface area contributed by atoms with E-state index in [2.05, 4.69) is 46.4 Å². The number of nitrogens with zero attached hydrogens (tertiary/aromatic N) is 3. The number of amides is 1. The van der Waals surface area contributed by atoms with Crippen LogP contribution in [-0.2, 0) is 4.79 Å². The van der Waals surface area contributed by atoms with Crippen LogP contribution in [0.4, 0.5) is 5.82 Å². The highest BCUT2D eigenvalue weighted by Crippen LogP contribution is 2.24. The van der Waals surface area contributed by atoms with Crippen LogP contribution >= 0.6 is 0 Å². The van der Waals surface area contributed by atoms with Crippen molar-refractivity contribution in [3.05, 3.63) is 78.0 Å². The Kier molecular flexibility index (Phi) is 6.07. The van der Waals surface area contributed by atoms with Gasteiger partial charge in [0.1, 0.15) is 5.82 Å². The lowest BCUT2D eigenvalue weighted by atomic mass is 9.96. The monoisotopic (exact) mass is 400 g/mol. The van der Waals surface area contributed by atoms with Crippen LogP contribution < -0.4 is 10.2 Å². The molecule has 1 N–H and O–H groups in total. The van der Waals surface area contributed by atoms with Gasteiger partial charge in [0.25, 0.3) is 0 Å². The Morgan fingerprint density at radius 3 is 2.63 bits per heavy atom. The topological polar surface area (TPSA) is 58.1 Å². The summed E-state index contributed by atoms with van der Waals surface area (Å²) in [5, 5.41) is 3.20. The van der Waals surface area contributed by atoms with E-state index in [9.17, 15) is 4.79 Å². The summed E-state index contributed by atoms with van der Waals surface area (Å²) >= 11 is 0. The lowest BCUT2D eigenvalue weighted by Crippen LogP contribution is -2.44. The van der Waals surface area contributed by atoms with Gasteiger partial charge in [-0.25, -0.2) is 9.97 Å². The number of hydrogen-bond donors (Lipinski definition) is 1. The second kappa shape index (κ2) is 9.08. The molecule has 3 aromatic rings. The molecule has 2 atom stereocenters. The fraction of sp³-hybridized carbons (Fsp3) is 0.320. The molecule has 30 heavy (non-hydrogen) atoms. The van der Waals surface area contributed by atoms with Gasteiger partial charge in [0.05, 0.1) is 12.0 Å². The molecule has 5 heteroatoms. The maximum absolute atomic E-state index is 12.9. The van der Waals surface area contributed by atoms with Crippen molar-refractivity contribution in [2.75, 3.05) is 18.0 Å². The largest absolute Gasteiger partial charge is 0.356 e. The number of aromatic nitrogens is 2. The number of hydrogen-bond acceptors (Lipinski definition) is 4. The van der Waals surface area contributed by atoms with Gasteiger partial charge in [-0.1, -0.05) is 60.2 Å². The SMILES string of the molecule is Cc1ccc([C@@H](C)NC(=O)[C@H]2CCCN(c3ccnc(-c4ccccc4)n3)C2)cc1. The summed E-state index contributed by atoms with van der Waals surface area (Å²) in [4.78, 5) is 24.3. The number of piperidine rings is 1. The van der Waals surface area contributed by atoms with E-state index in [1.165, 1.54) is 5.56 Å². The zero-order valence-corrected chi connectivity index (χ0v) is 17.6. The van der Waals surface area contributed by atoms with Gasteiger partial charge in [-0.3, -0.25) is 4.79 Å². The molecular weight excluding hydrogens is 372 g/mol. The van der Waals surface area contributed by atoms with Gasteiger partial charge >= 0.3 is 0 Å². The van der Waals surface area contributed by atoms with Crippen LogP contribution in [0.1, 0.15) is 36.9 Å². The number of carbonyl (C=O) groups is 1. The van der Waals surface area contributed by atoms with Crippen molar-refractivity contribution in [1.82, 2.24) is 15.3 Å². The summed E-state index contributed by atoms with van der Waals surface area (Å²) in [6.45, 7) is 5.69. The van der Waals surface area contributed by atoms with E-state index in [-0.39, 0.29) is 17.9 Å². The lowest BCUT2D eigenvalue weighted by molar-refractivity contribution is -0.125. The van der Waals surface area contributed by atoms with E-state index in [1.807, 2.05) is 43.3 Å². The molecule has 2 heterocycles. The predicted octanol–water partition coefficient (Wildman–Crippen LogP) is 4.55. The molecule has 4 rings (SSSR count). The van der Waals surface area contributed by atoms with E-state index in [0.29, 0.717) is 12.4 Å². The van der Waals surface area contributed by atoms with Crippen LogP contribution in [0, 0.1) is 12.8 Å². The van der Waals surface area contributed by atoms with Crippen LogP contribution in [-0.4, -0.2) is 29.0 Å². The fourth-order valence-corrected chi connectivity index (χ4v) is 3.92. The van der Waals surface area contributed by atoms with Gasteiger partial charge in [0.15, 0.2) is 5.82 Å². The number of anilines is 1. The Labute approximate surface area is 178 Å². The molecule has 0 saturated carbocycles. The van der Waals surface area contributed by atoms with Gasteiger partial charge in [0, 0.05) is 24.8 Å². The van der Waals surface area contributed by atoms with Crippen molar-refractivity contribution in [1.29, 1.82) is 0 Å². The molecule has 1 saturated heterocycles. The number of benzene rings is 2. The highest BCUT2D eigenvalue weighted by Gasteiger charge is 2.27. The zero-order valence-electron chi connectivity index (χ0n) is 17.6. The van der Waals surface area contributed by atoms with Gasteiger partial charge < -0.3 is 10.2 Å². The van der Waals surface area contributed by atoms with Crippen molar-refractivity contribution >= 4 is 11.7 Å². The molecule has 0 bridgehead atoms. The highest BCUT2D eigenvalue weighted by atomic mass is 16.2. The van der Waals surface area contributed by atoms with E-state index in [1.54, 1.807) is 6.20 Å². The summed E-state index contributed by atoms with van der Waals surface area (Å²) in [5.74, 6) is 1.67. The molecule has 2 aromatic carbocycles. The molecule has 0 aliphatic carbocycles. The van der Waals surface area contributed by atoms with Crippen molar-refractivity contribution in [2.45, 2.75) is 32.7 Å². The lowest BCUT2D eigenvalue weighted by Gasteiger charge is -2.33. The molecule has 1 aliphatic heterocycles. The standard InChI is InChI=1S/C25H28N4O/c1-18-10-12-20(13-11-18)19(2)27-25(30)22-9-6-16-29(17-22)23-14-15-26-24(28-23)21-7-4-3-5-8-21/h3-5,7-8,10-15,19,22H,6,9,16-17H2,1-2H3,(H,27,30)/t19-,22+/m1/s1. The van der Waals surface area contributed by atoms with Gasteiger partial charge in [-0.2, -0.15) is 0 Å². The Hall–Kier alpha value is -3.21. The van der Waals surface area contributed by atoms with E-state index in [0.717, 1.165) is 36.3 Å². The van der Waals surface area contributed by atoms with Crippen LogP contribution in [0.2, 0.25) is 0 Å². The Morgan fingerprint density at radius 1 is 1.10 bits per heavy atom. The number of aryl methyl sites for hydroxylation is 1. The van der Waals surface area contributed by atoms with Gasteiger partial charge in [-0.05, 0) is 38.3 Å². The second-order valence-corrected chi connectivity index (χ2v) is 8.03. The minimum absolute atomic E-state index is 0.00258. The zero-order chi connectivity index (χ0) is 20.9.